The van der Waals surface area contributed by atoms with Crippen molar-refractivity contribution in [1.82, 2.24) is 4.98 Å². The normalized spacial score (nSPS) is 12.3. The highest BCUT2D eigenvalue weighted by molar-refractivity contribution is 6.17. The molecule has 464 valence electrons. The Morgan fingerprint density at radius 2 is 0.798 bits per heavy atom. The molecule has 0 saturated heterocycles. The van der Waals surface area contributed by atoms with Crippen molar-refractivity contribution in [2.75, 3.05) is 21.7 Å². The van der Waals surface area contributed by atoms with E-state index < -0.39 is 0 Å². The van der Waals surface area contributed by atoms with Crippen molar-refractivity contribution >= 4 is 144 Å². The summed E-state index contributed by atoms with van der Waals surface area (Å²) in [6, 6.07) is 116. The van der Waals surface area contributed by atoms with Crippen LogP contribution >= 0.6 is 0 Å². The third kappa shape index (κ3) is 9.38. The Kier molecular flexibility index (Phi) is 12.9. The Balaban J connectivity index is 0.743. The number of nitrogens with one attached hydrogen (secondary N) is 1. The summed E-state index contributed by atoms with van der Waals surface area (Å²) >= 11 is 0. The lowest BCUT2D eigenvalue weighted by atomic mass is 9.93. The first-order chi connectivity index (χ1) is 49.0. The molecule has 99 heavy (non-hydrogen) atoms. The topological polar surface area (TPSA) is 70.8 Å². The third-order valence-corrected chi connectivity index (χ3v) is 20.1. The van der Waals surface area contributed by atoms with E-state index in [2.05, 4.69) is 329 Å². The number of anilines is 7. The lowest BCUT2D eigenvalue weighted by Crippen LogP contribution is -2.11. The molecule has 0 atom stereocenters. The van der Waals surface area contributed by atoms with Crippen molar-refractivity contribution in [3.05, 3.63) is 345 Å². The van der Waals surface area contributed by atoms with Gasteiger partial charge in [0.15, 0.2) is 0 Å². The molecule has 15 aromatic carbocycles. The van der Waals surface area contributed by atoms with Crippen LogP contribution in [-0.2, 0) is 0 Å². The minimum absolute atomic E-state index is 0.636. The summed E-state index contributed by atoms with van der Waals surface area (Å²) in [4.78, 5) is 9.31. The van der Waals surface area contributed by atoms with Gasteiger partial charge in [-0.1, -0.05) is 206 Å². The summed E-state index contributed by atoms with van der Waals surface area (Å²) in [5.41, 5.74) is 22.2. The SMILES string of the molecule is C1=C(c2ccc(N(c3ccc(-c4cc5ccccc5c5ccccc45)cc3)c3cccc(-c4cc(N(c5ccc(-c6ccc7oc8ncccc8c7c6)cc5)c5ccc(-c6cc7ccccc7c7ccccc67)cc5)c5c(c4)oc4ccccc45)c3)cc2)c2c(oc3ccccc23)NC1. The van der Waals surface area contributed by atoms with E-state index in [1.807, 2.05) is 18.2 Å². The molecule has 0 radical (unpaired) electrons. The maximum Gasteiger partial charge on any atom is 0.227 e. The molecule has 5 heterocycles. The standard InChI is InChI=1S/C92H58N4O3/c1-3-19-71-63(15-1)53-81(76-23-7-5-21-74(71)76)59-34-43-67(44-35-59)95(66-41-32-58(33-42-66)73-48-50-94-92-89(73)79-25-9-12-29-86(79)99-92)70-18-13-17-61(51-70)65-55-84(90-80-26-10-11-28-85(80)97-88(90)56-65)96(68-39-30-57(31-40-68)62-38-47-87-83(52-62)78-27-14-49-93-91(78)98-87)69-45-36-60(37-46-69)82-54-64-16-2-4-20-72(64)75-22-6-8-24-77(75)82/h1-49,51-56,94H,50H2. The van der Waals surface area contributed by atoms with Crippen molar-refractivity contribution in [3.63, 3.8) is 0 Å². The smallest absolute Gasteiger partial charge is 0.227 e. The molecule has 0 aliphatic carbocycles. The zero-order valence-corrected chi connectivity index (χ0v) is 53.5. The summed E-state index contributed by atoms with van der Waals surface area (Å²) in [5.74, 6) is 0.802. The van der Waals surface area contributed by atoms with Crippen LogP contribution < -0.4 is 15.1 Å². The number of pyridine rings is 1. The average molecular weight is 1270 g/mol. The number of hydrogen-bond acceptors (Lipinski definition) is 7. The summed E-state index contributed by atoms with van der Waals surface area (Å²) in [7, 11) is 0. The van der Waals surface area contributed by atoms with Crippen molar-refractivity contribution in [2.24, 2.45) is 0 Å². The van der Waals surface area contributed by atoms with Gasteiger partial charge in [0.05, 0.1) is 16.6 Å². The molecule has 0 bridgehead atoms. The van der Waals surface area contributed by atoms with E-state index in [-0.39, 0.29) is 0 Å². The first-order valence-electron chi connectivity index (χ1n) is 33.7. The number of rotatable bonds is 11. The molecule has 0 spiro atoms. The van der Waals surface area contributed by atoms with E-state index in [1.165, 1.54) is 54.2 Å². The van der Waals surface area contributed by atoms with Crippen molar-refractivity contribution in [2.45, 2.75) is 0 Å². The van der Waals surface area contributed by atoms with Gasteiger partial charge in [-0.2, -0.15) is 0 Å². The number of aromatic nitrogens is 1. The second-order valence-electron chi connectivity index (χ2n) is 25.7. The van der Waals surface area contributed by atoms with Crippen LogP contribution in [0.15, 0.2) is 347 Å². The Hall–Kier alpha value is -13.2. The van der Waals surface area contributed by atoms with Gasteiger partial charge in [0.2, 0.25) is 11.6 Å². The maximum atomic E-state index is 7.02. The van der Waals surface area contributed by atoms with Crippen LogP contribution in [0, 0.1) is 0 Å². The van der Waals surface area contributed by atoms with Gasteiger partial charge >= 0.3 is 0 Å². The number of fused-ring (bicyclic) bond motifs is 15. The minimum atomic E-state index is 0.636. The summed E-state index contributed by atoms with van der Waals surface area (Å²) in [6.45, 7) is 0.671. The quantitative estimate of drug-likeness (QED) is 0.129. The number of furan rings is 3. The Labute approximate surface area is 569 Å². The summed E-state index contributed by atoms with van der Waals surface area (Å²) in [5, 5.41) is 18.5. The van der Waals surface area contributed by atoms with E-state index in [0.717, 1.165) is 139 Å². The molecule has 4 aromatic heterocycles. The molecule has 0 unspecified atom stereocenters. The molecule has 7 heteroatoms. The van der Waals surface area contributed by atoms with Crippen LogP contribution in [0.2, 0.25) is 0 Å². The molecule has 7 nitrogen and oxygen atoms in total. The van der Waals surface area contributed by atoms with Crippen LogP contribution in [0.5, 0.6) is 0 Å². The zero-order chi connectivity index (χ0) is 65.1. The Morgan fingerprint density at radius 3 is 1.44 bits per heavy atom. The van der Waals surface area contributed by atoms with Gasteiger partial charge < -0.3 is 28.4 Å². The van der Waals surface area contributed by atoms with Gasteiger partial charge in [-0.05, 0) is 220 Å². The predicted molar refractivity (Wildman–Crippen MR) is 412 cm³/mol. The number of hydrogen-bond donors (Lipinski definition) is 1. The molecular formula is C92H58N4O3. The van der Waals surface area contributed by atoms with E-state index in [9.17, 15) is 0 Å². The molecular weight excluding hydrogens is 1210 g/mol. The van der Waals surface area contributed by atoms with Crippen LogP contribution in [0.3, 0.4) is 0 Å². The molecule has 19 aromatic rings. The lowest BCUT2D eigenvalue weighted by Gasteiger charge is -2.28. The van der Waals surface area contributed by atoms with Crippen molar-refractivity contribution in [1.29, 1.82) is 0 Å². The Morgan fingerprint density at radius 1 is 0.293 bits per heavy atom. The molecule has 1 aliphatic rings. The number of benzene rings is 15. The van der Waals surface area contributed by atoms with Crippen LogP contribution in [-0.4, -0.2) is 11.5 Å². The largest absolute Gasteiger partial charge is 0.456 e. The van der Waals surface area contributed by atoms with Gasteiger partial charge in [0, 0.05) is 62.7 Å². The number of nitrogens with zero attached hydrogens (tertiary/aromatic N) is 3. The third-order valence-electron chi connectivity index (χ3n) is 20.1. The monoisotopic (exact) mass is 1270 g/mol. The fourth-order valence-electron chi connectivity index (χ4n) is 15.5. The molecule has 1 aliphatic heterocycles. The van der Waals surface area contributed by atoms with Crippen molar-refractivity contribution < 1.29 is 13.3 Å². The van der Waals surface area contributed by atoms with Crippen molar-refractivity contribution in [3.8, 4) is 44.5 Å². The van der Waals surface area contributed by atoms with Crippen LogP contribution in [0.4, 0.5) is 40.0 Å². The van der Waals surface area contributed by atoms with E-state index in [4.69, 9.17) is 13.3 Å². The van der Waals surface area contributed by atoms with Gasteiger partial charge in [0.25, 0.3) is 0 Å². The molecule has 0 fully saturated rings. The first-order valence-corrected chi connectivity index (χ1v) is 33.7. The number of para-hydroxylation sites is 2. The van der Waals surface area contributed by atoms with Gasteiger partial charge in [0.1, 0.15) is 22.3 Å². The molecule has 0 amide bonds. The Bertz CT molecular complexity index is 6480. The fraction of sp³-hybridized carbons (Fsp3) is 0.0109. The van der Waals surface area contributed by atoms with Gasteiger partial charge in [-0.3, -0.25) is 0 Å². The lowest BCUT2D eigenvalue weighted by molar-refractivity contribution is 0.627. The highest BCUT2D eigenvalue weighted by Gasteiger charge is 2.26. The fourth-order valence-corrected chi connectivity index (χ4v) is 15.5. The van der Waals surface area contributed by atoms with E-state index in [0.29, 0.717) is 12.3 Å². The van der Waals surface area contributed by atoms with Gasteiger partial charge in [-0.25, -0.2) is 4.98 Å². The minimum Gasteiger partial charge on any atom is -0.456 e. The van der Waals surface area contributed by atoms with E-state index >= 15 is 0 Å². The molecule has 20 rings (SSSR count). The zero-order valence-electron chi connectivity index (χ0n) is 53.5. The highest BCUT2D eigenvalue weighted by atomic mass is 16.4. The summed E-state index contributed by atoms with van der Waals surface area (Å²) < 4.78 is 19.6. The van der Waals surface area contributed by atoms with E-state index in [1.54, 1.807) is 6.20 Å². The van der Waals surface area contributed by atoms with Crippen LogP contribution in [0.25, 0.3) is 148 Å². The predicted octanol–water partition coefficient (Wildman–Crippen LogP) is 25.7. The second-order valence-corrected chi connectivity index (χ2v) is 25.7. The van der Waals surface area contributed by atoms with Gasteiger partial charge in [-0.15, -0.1) is 0 Å². The summed E-state index contributed by atoms with van der Waals surface area (Å²) in [6.07, 6.45) is 4.04. The average Bonchev–Trinajstić information content (AvgIpc) is 1.70. The molecule has 1 N–H and O–H groups in total. The molecule has 0 saturated carbocycles. The second kappa shape index (κ2) is 22.7. The van der Waals surface area contributed by atoms with Crippen LogP contribution in [0.1, 0.15) is 11.1 Å². The highest BCUT2D eigenvalue weighted by Crippen LogP contribution is 2.49. The maximum absolute atomic E-state index is 7.02. The first kappa shape index (κ1) is 56.1.